The molecule has 1 fully saturated rings. The van der Waals surface area contributed by atoms with Crippen LogP contribution in [0.5, 0.6) is 0 Å². The van der Waals surface area contributed by atoms with E-state index in [1.165, 1.54) is 11.0 Å². The molecule has 0 aromatic heterocycles. The van der Waals surface area contributed by atoms with E-state index in [4.69, 9.17) is 0 Å². The van der Waals surface area contributed by atoms with Crippen LogP contribution in [0.2, 0.25) is 0 Å². The van der Waals surface area contributed by atoms with Crippen LogP contribution in [-0.2, 0) is 22.6 Å². The number of amides is 2. The highest BCUT2D eigenvalue weighted by atomic mass is 19.1. The number of nitrogens with one attached hydrogen (secondary N) is 1. The number of hydrogen-bond acceptors (Lipinski definition) is 2. The second-order valence-corrected chi connectivity index (χ2v) is 7.94. The number of aryl methyl sites for hydroxylation is 1. The van der Waals surface area contributed by atoms with E-state index < -0.39 is 6.04 Å². The summed E-state index contributed by atoms with van der Waals surface area (Å²) in [6, 6.07) is 13.6. The molecule has 5 heteroatoms. The Balaban J connectivity index is 1.77. The topological polar surface area (TPSA) is 49.4 Å². The monoisotopic (exact) mass is 396 g/mol. The molecule has 2 aromatic rings. The van der Waals surface area contributed by atoms with E-state index in [0.29, 0.717) is 5.56 Å². The van der Waals surface area contributed by atoms with E-state index in [0.717, 1.165) is 36.8 Å². The summed E-state index contributed by atoms with van der Waals surface area (Å²) >= 11 is 0. The van der Waals surface area contributed by atoms with Crippen LogP contribution in [-0.4, -0.2) is 28.8 Å². The van der Waals surface area contributed by atoms with Gasteiger partial charge in [0.1, 0.15) is 11.9 Å². The van der Waals surface area contributed by atoms with Gasteiger partial charge in [-0.15, -0.1) is 0 Å². The van der Waals surface area contributed by atoms with Gasteiger partial charge in [-0.25, -0.2) is 4.39 Å². The third kappa shape index (κ3) is 5.66. The predicted octanol–water partition coefficient (Wildman–Crippen LogP) is 4.15. The number of carbonyl (C=O) groups is 2. The number of benzene rings is 2. The zero-order chi connectivity index (χ0) is 20.8. The largest absolute Gasteiger partial charge is 0.352 e. The summed E-state index contributed by atoms with van der Waals surface area (Å²) in [4.78, 5) is 27.4. The van der Waals surface area contributed by atoms with Crippen molar-refractivity contribution in [2.45, 2.75) is 64.6 Å². The Morgan fingerprint density at radius 2 is 1.76 bits per heavy atom. The van der Waals surface area contributed by atoms with Gasteiger partial charge in [-0.1, -0.05) is 60.9 Å². The van der Waals surface area contributed by atoms with E-state index in [1.807, 2.05) is 31.2 Å². The molecule has 0 bridgehead atoms. The first-order chi connectivity index (χ1) is 13.9. The molecule has 1 N–H and O–H groups in total. The van der Waals surface area contributed by atoms with Crippen molar-refractivity contribution < 1.29 is 14.0 Å². The van der Waals surface area contributed by atoms with E-state index in [9.17, 15) is 14.0 Å². The van der Waals surface area contributed by atoms with E-state index in [-0.39, 0.29) is 36.6 Å². The summed E-state index contributed by atoms with van der Waals surface area (Å²) in [7, 11) is 0. The molecule has 1 aliphatic rings. The summed E-state index contributed by atoms with van der Waals surface area (Å²) in [6.07, 6.45) is 4.36. The highest BCUT2D eigenvalue weighted by molar-refractivity contribution is 5.88. The van der Waals surface area contributed by atoms with E-state index in [2.05, 4.69) is 5.32 Å². The normalized spacial score (nSPS) is 15.1. The van der Waals surface area contributed by atoms with Gasteiger partial charge in [0, 0.05) is 18.2 Å². The number of hydrogen-bond donors (Lipinski definition) is 1. The molecule has 2 aromatic carbocycles. The van der Waals surface area contributed by atoms with E-state index >= 15 is 0 Å². The molecule has 0 heterocycles. The van der Waals surface area contributed by atoms with Crippen LogP contribution < -0.4 is 5.32 Å². The molecule has 2 amide bonds. The van der Waals surface area contributed by atoms with Crippen LogP contribution in [0.3, 0.4) is 0 Å². The molecular weight excluding hydrogens is 367 g/mol. The summed E-state index contributed by atoms with van der Waals surface area (Å²) < 4.78 is 14.2. The van der Waals surface area contributed by atoms with Gasteiger partial charge in [0.2, 0.25) is 11.8 Å². The minimum absolute atomic E-state index is 0.0661. The van der Waals surface area contributed by atoms with Crippen LogP contribution in [0.1, 0.15) is 49.3 Å². The van der Waals surface area contributed by atoms with Crippen molar-refractivity contribution in [1.29, 1.82) is 0 Å². The fourth-order valence-electron chi connectivity index (χ4n) is 3.77. The smallest absolute Gasteiger partial charge is 0.242 e. The molecule has 154 valence electrons. The highest BCUT2D eigenvalue weighted by Gasteiger charge is 2.29. The summed E-state index contributed by atoms with van der Waals surface area (Å²) in [5.41, 5.74) is 2.40. The quantitative estimate of drug-likeness (QED) is 0.764. The Labute approximate surface area is 172 Å². The van der Waals surface area contributed by atoms with Crippen molar-refractivity contribution in [3.8, 4) is 0 Å². The van der Waals surface area contributed by atoms with Crippen molar-refractivity contribution in [2.24, 2.45) is 0 Å². The van der Waals surface area contributed by atoms with Crippen molar-refractivity contribution >= 4 is 11.8 Å². The minimum Gasteiger partial charge on any atom is -0.352 e. The molecule has 29 heavy (non-hydrogen) atoms. The molecule has 0 saturated heterocycles. The lowest BCUT2D eigenvalue weighted by Gasteiger charge is -2.30. The van der Waals surface area contributed by atoms with Gasteiger partial charge in [0.15, 0.2) is 0 Å². The number of halogens is 1. The Hall–Kier alpha value is -2.69. The molecular formula is C24H29FN2O2. The van der Waals surface area contributed by atoms with Gasteiger partial charge in [-0.3, -0.25) is 9.59 Å². The van der Waals surface area contributed by atoms with E-state index in [1.54, 1.807) is 25.1 Å². The highest BCUT2D eigenvalue weighted by Crippen LogP contribution is 2.19. The van der Waals surface area contributed by atoms with Crippen LogP contribution in [0.15, 0.2) is 48.5 Å². The molecule has 0 radical (unpaired) electrons. The molecule has 1 saturated carbocycles. The summed E-state index contributed by atoms with van der Waals surface area (Å²) in [5, 5.41) is 3.06. The first-order valence-electron chi connectivity index (χ1n) is 10.3. The molecule has 4 nitrogen and oxygen atoms in total. The number of nitrogens with zero attached hydrogens (tertiary/aromatic N) is 1. The Kier molecular flexibility index (Phi) is 7.02. The first kappa shape index (κ1) is 21.0. The Morgan fingerprint density at radius 3 is 2.41 bits per heavy atom. The Morgan fingerprint density at radius 1 is 1.10 bits per heavy atom. The minimum atomic E-state index is -0.673. The van der Waals surface area contributed by atoms with Crippen molar-refractivity contribution in [3.05, 3.63) is 71.0 Å². The SMILES string of the molecule is Cc1ccc(CC(=O)N(Cc2ccccc2F)[C@H](C)C(=O)NC2CCCC2)cc1. The fraction of sp³-hybridized carbons (Fsp3) is 0.417. The van der Waals surface area contributed by atoms with Crippen molar-refractivity contribution in [2.75, 3.05) is 0 Å². The second kappa shape index (κ2) is 9.68. The van der Waals surface area contributed by atoms with Gasteiger partial charge in [0.05, 0.1) is 6.42 Å². The van der Waals surface area contributed by atoms with Crippen molar-refractivity contribution in [1.82, 2.24) is 10.2 Å². The fourth-order valence-corrected chi connectivity index (χ4v) is 3.77. The van der Waals surface area contributed by atoms with Gasteiger partial charge >= 0.3 is 0 Å². The molecule has 0 spiro atoms. The maximum Gasteiger partial charge on any atom is 0.242 e. The molecule has 1 aliphatic carbocycles. The maximum absolute atomic E-state index is 14.2. The standard InChI is InChI=1S/C24H29FN2O2/c1-17-11-13-19(14-12-17)15-23(28)27(16-20-7-3-6-10-22(20)25)18(2)24(29)26-21-8-4-5-9-21/h3,6-7,10-14,18,21H,4-5,8-9,15-16H2,1-2H3,(H,26,29)/t18-/m1/s1. The lowest BCUT2D eigenvalue weighted by atomic mass is 10.1. The third-order valence-corrected chi connectivity index (χ3v) is 5.64. The number of carbonyl (C=O) groups excluding carboxylic acids is 2. The Bertz CT molecular complexity index is 844. The summed E-state index contributed by atoms with van der Waals surface area (Å²) in [5.74, 6) is -0.735. The van der Waals surface area contributed by atoms with Crippen molar-refractivity contribution in [3.63, 3.8) is 0 Å². The zero-order valence-electron chi connectivity index (χ0n) is 17.2. The third-order valence-electron chi connectivity index (χ3n) is 5.64. The molecule has 0 unspecified atom stereocenters. The van der Waals surface area contributed by atoms with Gasteiger partial charge in [0.25, 0.3) is 0 Å². The van der Waals surface area contributed by atoms with Crippen LogP contribution in [0.4, 0.5) is 4.39 Å². The van der Waals surface area contributed by atoms with Gasteiger partial charge < -0.3 is 10.2 Å². The van der Waals surface area contributed by atoms with Crippen LogP contribution in [0.25, 0.3) is 0 Å². The summed E-state index contributed by atoms with van der Waals surface area (Å²) in [6.45, 7) is 3.78. The van der Waals surface area contributed by atoms with Gasteiger partial charge in [-0.05, 0) is 38.3 Å². The lowest BCUT2D eigenvalue weighted by Crippen LogP contribution is -2.50. The number of rotatable bonds is 7. The maximum atomic E-state index is 14.2. The first-order valence-corrected chi connectivity index (χ1v) is 10.3. The second-order valence-electron chi connectivity index (χ2n) is 7.94. The zero-order valence-corrected chi connectivity index (χ0v) is 17.2. The predicted molar refractivity (Wildman–Crippen MR) is 112 cm³/mol. The van der Waals surface area contributed by atoms with Gasteiger partial charge in [-0.2, -0.15) is 0 Å². The lowest BCUT2D eigenvalue weighted by molar-refractivity contribution is -0.140. The average molecular weight is 397 g/mol. The van der Waals surface area contributed by atoms with Crippen LogP contribution >= 0.6 is 0 Å². The molecule has 1 atom stereocenters. The average Bonchev–Trinajstić information content (AvgIpc) is 3.21. The molecule has 0 aliphatic heterocycles. The van der Waals surface area contributed by atoms with Crippen LogP contribution in [0, 0.1) is 12.7 Å². The molecule has 3 rings (SSSR count).